The molecule has 0 spiro atoms. The summed E-state index contributed by atoms with van der Waals surface area (Å²) in [5, 5.41) is 4.00. The van der Waals surface area contributed by atoms with Crippen LogP contribution in [-0.2, 0) is 6.54 Å². The van der Waals surface area contributed by atoms with Crippen LogP contribution in [0, 0.1) is 6.92 Å². The van der Waals surface area contributed by atoms with E-state index < -0.39 is 0 Å². The Morgan fingerprint density at radius 2 is 2.00 bits per heavy atom. The van der Waals surface area contributed by atoms with E-state index in [-0.39, 0.29) is 6.04 Å². The van der Waals surface area contributed by atoms with Crippen molar-refractivity contribution in [1.29, 1.82) is 0 Å². The number of aromatic nitrogens is 2. The van der Waals surface area contributed by atoms with Crippen LogP contribution in [0.4, 0.5) is 0 Å². The van der Waals surface area contributed by atoms with Gasteiger partial charge in [-0.2, -0.15) is 0 Å². The molecule has 0 fully saturated rings. The molecule has 0 saturated carbocycles. The Labute approximate surface area is 152 Å². The quantitative estimate of drug-likeness (QED) is 0.636. The fourth-order valence-corrected chi connectivity index (χ4v) is 2.71. The van der Waals surface area contributed by atoms with Gasteiger partial charge in [0.25, 0.3) is 0 Å². The zero-order chi connectivity index (χ0) is 18.7. The zero-order valence-electron chi connectivity index (χ0n) is 15.6. The Bertz CT molecular complexity index is 858. The lowest BCUT2D eigenvalue weighted by Gasteiger charge is -2.21. The molecule has 2 heterocycles. The molecular weight excluding hydrogens is 334 g/mol. The molecule has 0 amide bonds. The molecule has 1 atom stereocenters. The first-order chi connectivity index (χ1) is 12.5. The van der Waals surface area contributed by atoms with E-state index in [0.717, 1.165) is 28.5 Å². The molecule has 3 rings (SSSR count). The number of methoxy groups -OCH3 is 2. The Morgan fingerprint density at radius 3 is 2.65 bits per heavy atom. The van der Waals surface area contributed by atoms with E-state index in [0.29, 0.717) is 18.2 Å². The number of hydrogen-bond acceptors (Lipinski definition) is 7. The first-order valence-corrected chi connectivity index (χ1v) is 8.32. The van der Waals surface area contributed by atoms with E-state index in [1.807, 2.05) is 38.2 Å². The van der Waals surface area contributed by atoms with Gasteiger partial charge >= 0.3 is 0 Å². The van der Waals surface area contributed by atoms with Crippen molar-refractivity contribution < 1.29 is 18.4 Å². The molecule has 7 heteroatoms. The summed E-state index contributed by atoms with van der Waals surface area (Å²) >= 11 is 0. The van der Waals surface area contributed by atoms with Crippen LogP contribution in [0.15, 0.2) is 39.5 Å². The highest BCUT2D eigenvalue weighted by Crippen LogP contribution is 2.34. The van der Waals surface area contributed by atoms with E-state index in [1.54, 1.807) is 20.5 Å². The molecule has 7 nitrogen and oxygen atoms in total. The molecule has 26 heavy (non-hydrogen) atoms. The maximum Gasteiger partial charge on any atom is 0.230 e. The van der Waals surface area contributed by atoms with Crippen LogP contribution in [0.25, 0.3) is 11.5 Å². The van der Waals surface area contributed by atoms with Crippen molar-refractivity contribution in [3.8, 4) is 23.0 Å². The summed E-state index contributed by atoms with van der Waals surface area (Å²) < 4.78 is 21.6. The minimum atomic E-state index is 0.0969. The largest absolute Gasteiger partial charge is 0.497 e. The fourth-order valence-electron chi connectivity index (χ4n) is 2.71. The molecule has 0 saturated heterocycles. The van der Waals surface area contributed by atoms with Gasteiger partial charge in [0, 0.05) is 12.6 Å². The van der Waals surface area contributed by atoms with Crippen LogP contribution < -0.4 is 9.47 Å². The highest BCUT2D eigenvalue weighted by atomic mass is 16.5. The number of oxazole rings is 1. The van der Waals surface area contributed by atoms with Crippen molar-refractivity contribution >= 4 is 0 Å². The van der Waals surface area contributed by atoms with Gasteiger partial charge in [-0.15, -0.1) is 0 Å². The number of rotatable bonds is 7. The minimum absolute atomic E-state index is 0.0969. The number of nitrogens with zero attached hydrogens (tertiary/aromatic N) is 3. The number of benzene rings is 1. The van der Waals surface area contributed by atoms with Crippen molar-refractivity contribution in [1.82, 2.24) is 15.0 Å². The lowest BCUT2D eigenvalue weighted by molar-refractivity contribution is 0.237. The van der Waals surface area contributed by atoms with Crippen molar-refractivity contribution in [3.05, 3.63) is 47.7 Å². The average molecular weight is 357 g/mol. The van der Waals surface area contributed by atoms with Gasteiger partial charge in [0.15, 0.2) is 0 Å². The summed E-state index contributed by atoms with van der Waals surface area (Å²) in [7, 11) is 5.26. The Morgan fingerprint density at radius 1 is 1.19 bits per heavy atom. The molecule has 0 unspecified atom stereocenters. The van der Waals surface area contributed by atoms with Crippen LogP contribution in [0.5, 0.6) is 11.5 Å². The summed E-state index contributed by atoms with van der Waals surface area (Å²) in [6.45, 7) is 4.60. The van der Waals surface area contributed by atoms with Gasteiger partial charge < -0.3 is 18.4 Å². The number of aryl methyl sites for hydroxylation is 1. The van der Waals surface area contributed by atoms with Gasteiger partial charge in [-0.1, -0.05) is 5.16 Å². The number of hydrogen-bond donors (Lipinski definition) is 0. The second kappa shape index (κ2) is 7.61. The molecule has 2 aromatic heterocycles. The molecule has 0 aliphatic carbocycles. The third kappa shape index (κ3) is 3.57. The minimum Gasteiger partial charge on any atom is -0.497 e. The monoisotopic (exact) mass is 357 g/mol. The van der Waals surface area contributed by atoms with Crippen molar-refractivity contribution in [3.63, 3.8) is 0 Å². The van der Waals surface area contributed by atoms with Crippen LogP contribution in [0.2, 0.25) is 0 Å². The van der Waals surface area contributed by atoms with E-state index >= 15 is 0 Å². The number of ether oxygens (including phenoxy) is 2. The van der Waals surface area contributed by atoms with E-state index in [1.165, 1.54) is 0 Å². The molecule has 1 aromatic carbocycles. The summed E-state index contributed by atoms with van der Waals surface area (Å²) in [6.07, 6.45) is 1.58. The van der Waals surface area contributed by atoms with Gasteiger partial charge in [0.05, 0.1) is 31.5 Å². The normalized spacial score (nSPS) is 12.4. The molecule has 0 N–H and O–H groups in total. The molecule has 0 aliphatic rings. The fraction of sp³-hybridized carbons (Fsp3) is 0.368. The van der Waals surface area contributed by atoms with Gasteiger partial charge in [-0.05, 0) is 39.1 Å². The summed E-state index contributed by atoms with van der Waals surface area (Å²) in [5.41, 5.74) is 2.50. The van der Waals surface area contributed by atoms with Crippen molar-refractivity contribution in [2.24, 2.45) is 0 Å². The van der Waals surface area contributed by atoms with E-state index in [2.05, 4.69) is 22.0 Å². The molecule has 0 bridgehead atoms. The van der Waals surface area contributed by atoms with Gasteiger partial charge in [0.2, 0.25) is 5.89 Å². The third-order valence-electron chi connectivity index (χ3n) is 4.48. The van der Waals surface area contributed by atoms with Crippen LogP contribution in [0.3, 0.4) is 0 Å². The van der Waals surface area contributed by atoms with Crippen LogP contribution in [0.1, 0.15) is 30.1 Å². The Kier molecular flexibility index (Phi) is 5.27. The van der Waals surface area contributed by atoms with Gasteiger partial charge in [-0.3, -0.25) is 4.90 Å². The lowest BCUT2D eigenvalue weighted by atomic mass is 10.2. The van der Waals surface area contributed by atoms with Crippen LogP contribution in [-0.4, -0.2) is 36.3 Å². The molecule has 138 valence electrons. The van der Waals surface area contributed by atoms with Crippen molar-refractivity contribution in [2.45, 2.75) is 26.4 Å². The smallest absolute Gasteiger partial charge is 0.230 e. The highest BCUT2D eigenvalue weighted by Gasteiger charge is 2.20. The summed E-state index contributed by atoms with van der Waals surface area (Å²) in [5.74, 6) is 2.68. The Balaban J connectivity index is 1.85. The van der Waals surface area contributed by atoms with E-state index in [9.17, 15) is 0 Å². The van der Waals surface area contributed by atoms with Crippen molar-refractivity contribution in [2.75, 3.05) is 21.3 Å². The topological polar surface area (TPSA) is 73.8 Å². The maximum absolute atomic E-state index is 5.91. The first-order valence-electron chi connectivity index (χ1n) is 8.32. The standard InChI is InChI=1S/C19H23N3O4/c1-12(16-8-9-25-21-16)22(3)11-17-13(2)26-19(20-17)15-10-14(23-4)6-7-18(15)24-5/h6-10,12H,11H2,1-5H3/t12-/m0/s1. The maximum atomic E-state index is 5.91. The molecule has 3 aromatic rings. The van der Waals surface area contributed by atoms with Crippen LogP contribution >= 0.6 is 0 Å². The first kappa shape index (κ1) is 18.0. The second-order valence-electron chi connectivity index (χ2n) is 6.10. The van der Waals surface area contributed by atoms with Gasteiger partial charge in [0.1, 0.15) is 29.2 Å². The predicted molar refractivity (Wildman–Crippen MR) is 96.2 cm³/mol. The average Bonchev–Trinajstić information content (AvgIpc) is 3.31. The zero-order valence-corrected chi connectivity index (χ0v) is 15.6. The van der Waals surface area contributed by atoms with E-state index in [4.69, 9.17) is 18.4 Å². The predicted octanol–water partition coefficient (Wildman–Crippen LogP) is 3.85. The summed E-state index contributed by atoms with van der Waals surface area (Å²) in [6, 6.07) is 7.50. The second-order valence-corrected chi connectivity index (χ2v) is 6.10. The van der Waals surface area contributed by atoms with Gasteiger partial charge in [-0.25, -0.2) is 4.98 Å². The SMILES string of the molecule is COc1ccc(OC)c(-c2nc(CN(C)[C@@H](C)c3ccon3)c(C)o2)c1. The lowest BCUT2D eigenvalue weighted by Crippen LogP contribution is -2.22. The molecule has 0 aliphatic heterocycles. The third-order valence-corrected chi connectivity index (χ3v) is 4.48. The Hall–Kier alpha value is -2.80. The summed E-state index contributed by atoms with van der Waals surface area (Å²) in [4.78, 5) is 6.81. The molecule has 0 radical (unpaired) electrons. The highest BCUT2D eigenvalue weighted by molar-refractivity contribution is 5.65. The molecular formula is C19H23N3O4.